The molecule has 0 saturated heterocycles. The summed E-state index contributed by atoms with van der Waals surface area (Å²) in [5.41, 5.74) is 0.498. The van der Waals surface area contributed by atoms with Gasteiger partial charge in [-0.15, -0.1) is 11.3 Å². The molecule has 0 spiro atoms. The van der Waals surface area contributed by atoms with Crippen LogP contribution in [-0.2, 0) is 19.6 Å². The van der Waals surface area contributed by atoms with Gasteiger partial charge in [-0.25, -0.2) is 17.6 Å². The Morgan fingerprint density at radius 1 is 1.17 bits per heavy atom. The molecule has 0 saturated carbocycles. The number of carbonyl (C=O) groups is 2. The van der Waals surface area contributed by atoms with Gasteiger partial charge in [-0.05, 0) is 43.2 Å². The number of sulfonamides is 1. The molecular weight excluding hydrogens is 513 g/mol. The van der Waals surface area contributed by atoms with Gasteiger partial charge < -0.3 is 10.1 Å². The number of nitrogens with one attached hydrogen (secondary N) is 2. The van der Waals surface area contributed by atoms with Crippen LogP contribution >= 0.6 is 11.3 Å². The van der Waals surface area contributed by atoms with E-state index in [1.54, 1.807) is 25.3 Å². The minimum atomic E-state index is -4.14. The second kappa shape index (κ2) is 11.4. The zero-order chi connectivity index (χ0) is 26.5. The highest BCUT2D eigenvalue weighted by molar-refractivity contribution is 7.89. The Labute approximate surface area is 210 Å². The van der Waals surface area contributed by atoms with Crippen LogP contribution < -0.4 is 10.0 Å². The predicted octanol–water partition coefficient (Wildman–Crippen LogP) is 4.33. The molecule has 0 radical (unpaired) electrons. The molecule has 3 aromatic rings. The highest BCUT2D eigenvalue weighted by Gasteiger charge is 2.28. The third kappa shape index (κ3) is 6.11. The van der Waals surface area contributed by atoms with Crippen LogP contribution in [-0.4, -0.2) is 37.9 Å². The minimum Gasteiger partial charge on any atom is -0.462 e. The molecule has 0 aliphatic heterocycles. The molecule has 0 bridgehead atoms. The maximum atomic E-state index is 13.2. The molecule has 10 nitrogen and oxygen atoms in total. The number of amides is 1. The third-order valence-electron chi connectivity index (χ3n) is 5.02. The van der Waals surface area contributed by atoms with E-state index in [1.807, 2.05) is 0 Å². The Kier molecular flexibility index (Phi) is 8.50. The maximum Gasteiger partial charge on any atom is 0.341 e. The van der Waals surface area contributed by atoms with Gasteiger partial charge in [0.05, 0.1) is 16.4 Å². The van der Waals surface area contributed by atoms with Crippen LogP contribution in [0.5, 0.6) is 0 Å². The summed E-state index contributed by atoms with van der Waals surface area (Å²) < 4.78 is 45.9. The lowest BCUT2D eigenvalue weighted by Crippen LogP contribution is -2.43. The van der Waals surface area contributed by atoms with Crippen molar-refractivity contribution in [2.45, 2.75) is 31.2 Å². The molecule has 36 heavy (non-hydrogen) atoms. The average molecular weight is 536 g/mol. The summed E-state index contributed by atoms with van der Waals surface area (Å²) in [7, 11) is -4.14. The van der Waals surface area contributed by atoms with Gasteiger partial charge in [0.15, 0.2) is 0 Å². The maximum absolute atomic E-state index is 13.2. The molecule has 2 N–H and O–H groups in total. The van der Waals surface area contributed by atoms with Gasteiger partial charge in [0.2, 0.25) is 15.9 Å². The second-order valence-corrected chi connectivity index (χ2v) is 10.0. The Bertz CT molecular complexity index is 1390. The topological polar surface area (TPSA) is 145 Å². The number of rotatable bonds is 10. The quantitative estimate of drug-likeness (QED) is 0.223. The van der Waals surface area contributed by atoms with E-state index in [0.717, 1.165) is 35.6 Å². The minimum absolute atomic E-state index is 0.00746. The number of esters is 1. The lowest BCUT2D eigenvalue weighted by molar-refractivity contribution is -0.384. The van der Waals surface area contributed by atoms with Gasteiger partial charge in [0.25, 0.3) is 5.69 Å². The van der Waals surface area contributed by atoms with Crippen molar-refractivity contribution < 1.29 is 32.1 Å². The summed E-state index contributed by atoms with van der Waals surface area (Å²) in [5.74, 6) is -2.10. The van der Waals surface area contributed by atoms with Gasteiger partial charge in [0.1, 0.15) is 22.4 Å². The van der Waals surface area contributed by atoms with E-state index in [-0.39, 0.29) is 34.2 Å². The Balaban J connectivity index is 1.92. The summed E-state index contributed by atoms with van der Waals surface area (Å²) in [6.45, 7) is 3.24. The number of hydrogen-bond acceptors (Lipinski definition) is 8. The van der Waals surface area contributed by atoms with Gasteiger partial charge in [-0.1, -0.05) is 19.1 Å². The van der Waals surface area contributed by atoms with Crippen molar-refractivity contribution in [1.82, 2.24) is 4.72 Å². The first-order valence-electron chi connectivity index (χ1n) is 10.7. The highest BCUT2D eigenvalue weighted by atomic mass is 32.2. The number of anilines is 1. The molecule has 0 aliphatic rings. The van der Waals surface area contributed by atoms with Gasteiger partial charge in [-0.2, -0.15) is 4.72 Å². The number of nitrogens with zero attached hydrogens (tertiary/aromatic N) is 1. The third-order valence-corrected chi connectivity index (χ3v) is 7.40. The predicted molar refractivity (Wildman–Crippen MR) is 132 cm³/mol. The monoisotopic (exact) mass is 535 g/mol. The molecule has 3 rings (SSSR count). The van der Waals surface area contributed by atoms with Crippen LogP contribution in [0.25, 0.3) is 11.1 Å². The summed E-state index contributed by atoms with van der Waals surface area (Å²) in [6, 6.07) is 8.56. The molecule has 1 amide bonds. The van der Waals surface area contributed by atoms with Gasteiger partial charge in [-0.3, -0.25) is 14.9 Å². The number of nitro groups is 1. The number of benzene rings is 2. The van der Waals surface area contributed by atoms with Crippen molar-refractivity contribution in [3.63, 3.8) is 0 Å². The normalized spacial score (nSPS) is 12.1. The Hall–Kier alpha value is -3.68. The van der Waals surface area contributed by atoms with Crippen LogP contribution in [0.1, 0.15) is 30.6 Å². The van der Waals surface area contributed by atoms with Crippen molar-refractivity contribution in [3.05, 3.63) is 75.4 Å². The number of ether oxygens (including phenoxy) is 1. The van der Waals surface area contributed by atoms with E-state index < -0.39 is 38.7 Å². The standard InChI is InChI=1S/C23H22FN3O7S2/c1-3-19(26-36(32,33)17-10-8-15(24)9-11-17)21(28)25-22-20(23(29)34-4-2)18(13-35-22)14-6-5-7-16(12-14)27(30)31/h5-13,19,26H,3-4H2,1-2H3,(H,25,28). The molecule has 1 aromatic heterocycles. The van der Waals surface area contributed by atoms with Crippen LogP contribution in [0.3, 0.4) is 0 Å². The zero-order valence-corrected chi connectivity index (χ0v) is 20.8. The van der Waals surface area contributed by atoms with E-state index in [4.69, 9.17) is 4.74 Å². The Morgan fingerprint density at radius 2 is 1.86 bits per heavy atom. The van der Waals surface area contributed by atoms with Gasteiger partial charge >= 0.3 is 5.97 Å². The number of non-ortho nitro benzene ring substituents is 1. The Morgan fingerprint density at radius 3 is 2.47 bits per heavy atom. The fraction of sp³-hybridized carbons (Fsp3) is 0.217. The first-order chi connectivity index (χ1) is 17.1. The fourth-order valence-electron chi connectivity index (χ4n) is 3.25. The first kappa shape index (κ1) is 26.9. The molecule has 1 atom stereocenters. The van der Waals surface area contributed by atoms with Crippen molar-refractivity contribution in [1.29, 1.82) is 0 Å². The highest BCUT2D eigenvalue weighted by Crippen LogP contribution is 2.37. The molecule has 2 aromatic carbocycles. The van der Waals surface area contributed by atoms with Crippen molar-refractivity contribution >= 4 is 43.9 Å². The summed E-state index contributed by atoms with van der Waals surface area (Å²) in [4.78, 5) is 36.2. The van der Waals surface area contributed by atoms with E-state index in [1.165, 1.54) is 18.2 Å². The second-order valence-electron chi connectivity index (χ2n) is 7.41. The number of hydrogen-bond donors (Lipinski definition) is 2. The smallest absolute Gasteiger partial charge is 0.341 e. The fourth-order valence-corrected chi connectivity index (χ4v) is 5.48. The molecular formula is C23H22FN3O7S2. The van der Waals surface area contributed by atoms with E-state index >= 15 is 0 Å². The zero-order valence-electron chi connectivity index (χ0n) is 19.2. The molecule has 0 aliphatic carbocycles. The molecule has 190 valence electrons. The lowest BCUT2D eigenvalue weighted by atomic mass is 10.0. The SMILES string of the molecule is CCOC(=O)c1c(-c2cccc([N+](=O)[O-])c2)csc1NC(=O)C(CC)NS(=O)(=O)c1ccc(F)cc1. The van der Waals surface area contributed by atoms with Crippen LogP contribution in [0, 0.1) is 15.9 Å². The molecule has 1 unspecified atom stereocenters. The van der Waals surface area contributed by atoms with Crippen LogP contribution in [0.2, 0.25) is 0 Å². The number of nitro benzene ring substituents is 1. The number of carbonyl (C=O) groups excluding carboxylic acids is 2. The average Bonchev–Trinajstić information content (AvgIpc) is 3.26. The van der Waals surface area contributed by atoms with E-state index in [0.29, 0.717) is 11.1 Å². The number of halogens is 1. The molecule has 13 heteroatoms. The first-order valence-corrected chi connectivity index (χ1v) is 13.1. The summed E-state index contributed by atoms with van der Waals surface area (Å²) in [5, 5.41) is 15.4. The van der Waals surface area contributed by atoms with Gasteiger partial charge in [0, 0.05) is 23.1 Å². The van der Waals surface area contributed by atoms with Crippen molar-refractivity contribution in [2.24, 2.45) is 0 Å². The van der Waals surface area contributed by atoms with E-state index in [2.05, 4.69) is 10.0 Å². The van der Waals surface area contributed by atoms with Crippen LogP contribution in [0.4, 0.5) is 15.1 Å². The molecule has 0 fully saturated rings. The van der Waals surface area contributed by atoms with Crippen molar-refractivity contribution in [3.8, 4) is 11.1 Å². The largest absolute Gasteiger partial charge is 0.462 e. The van der Waals surface area contributed by atoms with Crippen molar-refractivity contribution in [2.75, 3.05) is 11.9 Å². The summed E-state index contributed by atoms with van der Waals surface area (Å²) >= 11 is 0.990. The van der Waals surface area contributed by atoms with Crippen LogP contribution in [0.15, 0.2) is 58.8 Å². The number of thiophene rings is 1. The lowest BCUT2D eigenvalue weighted by Gasteiger charge is -2.17. The summed E-state index contributed by atoms with van der Waals surface area (Å²) in [6.07, 6.45) is 0.0735. The van der Waals surface area contributed by atoms with E-state index in [9.17, 15) is 32.5 Å². The molecule has 1 heterocycles.